The summed E-state index contributed by atoms with van der Waals surface area (Å²) in [7, 11) is -1.01. The molecule has 1 amide bonds. The molecule has 10 heteroatoms. The van der Waals surface area contributed by atoms with Crippen LogP contribution in [-0.4, -0.2) is 54.6 Å². The van der Waals surface area contributed by atoms with Crippen molar-refractivity contribution in [3.05, 3.63) is 0 Å². The number of alkyl halides is 3. The summed E-state index contributed by atoms with van der Waals surface area (Å²) in [5.41, 5.74) is 0. The van der Waals surface area contributed by atoms with Crippen LogP contribution < -0.4 is 0 Å². The third-order valence-electron chi connectivity index (χ3n) is 4.94. The van der Waals surface area contributed by atoms with Crippen molar-refractivity contribution in [3.63, 3.8) is 0 Å². The zero-order chi connectivity index (χ0) is 20.4. The van der Waals surface area contributed by atoms with Gasteiger partial charge in [-0.15, -0.1) is 0 Å². The fourth-order valence-electron chi connectivity index (χ4n) is 2.70. The van der Waals surface area contributed by atoms with Crippen LogP contribution in [0.1, 0.15) is 41.5 Å². The Morgan fingerprint density at radius 2 is 1.77 bits per heavy atom. The number of ketones is 1. The van der Waals surface area contributed by atoms with Gasteiger partial charge < -0.3 is 14.0 Å². The number of rotatable bonds is 7. The average molecular weight is 447 g/mol. The number of hydrogen-bond acceptors (Lipinski definition) is 5. The lowest BCUT2D eigenvalue weighted by molar-refractivity contribution is -0.160. The largest absolute Gasteiger partial charge is 0.508 e. The first-order valence-electron chi connectivity index (χ1n) is 8.38. The molecule has 1 aliphatic rings. The molecule has 2 unspecified atom stereocenters. The summed E-state index contributed by atoms with van der Waals surface area (Å²) < 4.78 is 9.76. The molecule has 0 saturated carbocycles. The molecule has 1 heterocycles. The van der Waals surface area contributed by atoms with E-state index in [1.807, 2.05) is 0 Å². The van der Waals surface area contributed by atoms with Crippen LogP contribution in [0.3, 0.4) is 0 Å². The van der Waals surface area contributed by atoms with E-state index in [1.165, 1.54) is 6.92 Å². The molecule has 0 radical (unpaired) electrons. The van der Waals surface area contributed by atoms with Crippen molar-refractivity contribution < 1.29 is 23.9 Å². The Kier molecular flexibility index (Phi) is 7.85. The van der Waals surface area contributed by atoms with Crippen LogP contribution in [-0.2, 0) is 19.1 Å². The number of Topliss-reactive ketones (excluding diaryl/α,β-unsaturated/α-hetero) is 1. The third-order valence-corrected chi connectivity index (χ3v) is 7.95. The van der Waals surface area contributed by atoms with Crippen LogP contribution in [0.15, 0.2) is 0 Å². The summed E-state index contributed by atoms with van der Waals surface area (Å²) in [6.07, 6.45) is -1.86. The molecule has 0 bridgehead atoms. The van der Waals surface area contributed by atoms with Gasteiger partial charge in [0.25, 0.3) is 0 Å². The van der Waals surface area contributed by atoms with Gasteiger partial charge >= 0.3 is 6.16 Å². The number of carbonyl (C=O) groups excluding carboxylic acids is 3. The second-order valence-corrected chi connectivity index (χ2v) is 13.0. The molecule has 150 valence electrons. The predicted octanol–water partition coefficient (Wildman–Crippen LogP) is 3.25. The molecular weight excluding hydrogens is 421 g/mol. The first-order chi connectivity index (χ1) is 11.7. The second-order valence-electron chi connectivity index (χ2n) is 7.67. The molecule has 0 N–H and O–H groups in total. The lowest BCUT2D eigenvalue weighted by atomic mass is 9.83. The first-order valence-corrected chi connectivity index (χ1v) is 10.9. The van der Waals surface area contributed by atoms with E-state index in [4.69, 9.17) is 44.3 Å². The Morgan fingerprint density at radius 1 is 1.23 bits per heavy atom. The standard InChI is InChI=1S/C16H26Cl3NO5Si/c1-8(2)15(5,6)26-20-12(9(3)21)11(13(20)22)10(4)25-14(23)24-7-16(17,18)19/h8,10-12H,7,26H2,1-6H3/t10-,11?,12?/m1/s1. The highest BCUT2D eigenvalue weighted by Crippen LogP contribution is 2.39. The topological polar surface area (TPSA) is 72.9 Å². The van der Waals surface area contributed by atoms with Gasteiger partial charge in [0.05, 0.1) is 6.04 Å². The molecule has 0 aromatic rings. The number of nitrogens with zero attached hydrogens (tertiary/aromatic N) is 1. The zero-order valence-electron chi connectivity index (χ0n) is 15.8. The summed E-state index contributed by atoms with van der Waals surface area (Å²) in [6.45, 7) is 10.9. The van der Waals surface area contributed by atoms with E-state index in [2.05, 4.69) is 27.7 Å². The monoisotopic (exact) mass is 445 g/mol. The highest BCUT2D eigenvalue weighted by molar-refractivity contribution is 6.67. The highest BCUT2D eigenvalue weighted by Gasteiger charge is 2.54. The normalized spacial score (nSPS) is 22.5. The minimum Gasteiger partial charge on any atom is -0.430 e. The maximum Gasteiger partial charge on any atom is 0.508 e. The summed E-state index contributed by atoms with van der Waals surface area (Å²) in [5, 5.41) is -0.0122. The average Bonchev–Trinajstić information content (AvgIpc) is 2.46. The Labute approximate surface area is 171 Å². The molecule has 26 heavy (non-hydrogen) atoms. The van der Waals surface area contributed by atoms with Crippen molar-refractivity contribution in [2.45, 2.75) is 62.5 Å². The van der Waals surface area contributed by atoms with Gasteiger partial charge in [-0.05, 0) is 24.8 Å². The van der Waals surface area contributed by atoms with Gasteiger partial charge in [-0.25, -0.2) is 4.79 Å². The molecule has 0 spiro atoms. The number of β-lactam (4-membered cyclic amide) rings is 1. The number of carbonyl (C=O) groups is 3. The molecule has 3 atom stereocenters. The second kappa shape index (κ2) is 8.67. The smallest absolute Gasteiger partial charge is 0.430 e. The van der Waals surface area contributed by atoms with Crippen LogP contribution in [0.4, 0.5) is 4.79 Å². The van der Waals surface area contributed by atoms with E-state index in [1.54, 1.807) is 11.5 Å². The van der Waals surface area contributed by atoms with Crippen LogP contribution in [0, 0.1) is 11.8 Å². The van der Waals surface area contributed by atoms with Gasteiger partial charge in [0.15, 0.2) is 5.78 Å². The maximum atomic E-state index is 12.6. The quantitative estimate of drug-likeness (QED) is 0.260. The third kappa shape index (κ3) is 6.01. The minimum atomic E-state index is -1.75. The Balaban J connectivity index is 2.76. The van der Waals surface area contributed by atoms with E-state index < -0.39 is 44.3 Å². The lowest BCUT2D eigenvalue weighted by Crippen LogP contribution is -2.69. The molecule has 0 aromatic carbocycles. The van der Waals surface area contributed by atoms with E-state index in [-0.39, 0.29) is 16.7 Å². The Morgan fingerprint density at radius 3 is 2.19 bits per heavy atom. The molecule has 6 nitrogen and oxygen atoms in total. The number of halogens is 3. The predicted molar refractivity (Wildman–Crippen MR) is 104 cm³/mol. The van der Waals surface area contributed by atoms with Crippen LogP contribution in [0.25, 0.3) is 0 Å². The number of hydrogen-bond donors (Lipinski definition) is 0. The summed E-state index contributed by atoms with van der Waals surface area (Å²) in [6, 6.07) is -0.567. The van der Waals surface area contributed by atoms with Crippen molar-refractivity contribution in [3.8, 4) is 0 Å². The SMILES string of the molecule is CC(=O)C1C([C@@H](C)OC(=O)OCC(Cl)(Cl)Cl)C(=O)N1[SiH2]C(C)(C)C(C)C. The summed E-state index contributed by atoms with van der Waals surface area (Å²) in [4.78, 5) is 36.4. The fourth-order valence-corrected chi connectivity index (χ4v) is 5.16. The Hall–Kier alpha value is -0.503. The van der Waals surface area contributed by atoms with Gasteiger partial charge in [-0.2, -0.15) is 0 Å². The van der Waals surface area contributed by atoms with E-state index in [9.17, 15) is 14.4 Å². The van der Waals surface area contributed by atoms with Crippen molar-refractivity contribution >= 4 is 62.3 Å². The van der Waals surface area contributed by atoms with Crippen molar-refractivity contribution in [1.29, 1.82) is 0 Å². The highest BCUT2D eigenvalue weighted by atomic mass is 35.6. The van der Waals surface area contributed by atoms with Gasteiger partial charge in [0, 0.05) is 0 Å². The fraction of sp³-hybridized carbons (Fsp3) is 0.812. The van der Waals surface area contributed by atoms with E-state index in [0.717, 1.165) is 0 Å². The van der Waals surface area contributed by atoms with Crippen molar-refractivity contribution in [2.75, 3.05) is 6.61 Å². The molecule has 1 saturated heterocycles. The van der Waals surface area contributed by atoms with Crippen molar-refractivity contribution in [1.82, 2.24) is 4.57 Å². The van der Waals surface area contributed by atoms with Gasteiger partial charge in [0.1, 0.15) is 28.3 Å². The van der Waals surface area contributed by atoms with E-state index >= 15 is 0 Å². The number of ether oxygens (including phenoxy) is 2. The molecule has 1 rings (SSSR count). The lowest BCUT2D eigenvalue weighted by Gasteiger charge is -2.51. The first kappa shape index (κ1) is 23.5. The van der Waals surface area contributed by atoms with Gasteiger partial charge in [-0.1, -0.05) is 62.5 Å². The zero-order valence-corrected chi connectivity index (χ0v) is 19.5. The summed E-state index contributed by atoms with van der Waals surface area (Å²) in [5.74, 6) is -0.596. The molecule has 1 fully saturated rings. The Bertz CT molecular complexity index is 565. The van der Waals surface area contributed by atoms with Gasteiger partial charge in [-0.3, -0.25) is 9.59 Å². The van der Waals surface area contributed by atoms with Crippen LogP contribution in [0.5, 0.6) is 0 Å². The summed E-state index contributed by atoms with van der Waals surface area (Å²) >= 11 is 16.5. The molecule has 0 aromatic heterocycles. The molecular formula is C16H26Cl3NO5Si. The van der Waals surface area contributed by atoms with E-state index in [0.29, 0.717) is 5.92 Å². The van der Waals surface area contributed by atoms with Gasteiger partial charge in [0.2, 0.25) is 9.70 Å². The van der Waals surface area contributed by atoms with Crippen LogP contribution >= 0.6 is 34.8 Å². The van der Waals surface area contributed by atoms with Crippen LogP contribution in [0.2, 0.25) is 5.04 Å². The molecule has 1 aliphatic heterocycles. The minimum absolute atomic E-state index is 0.0122. The van der Waals surface area contributed by atoms with Crippen molar-refractivity contribution in [2.24, 2.45) is 11.8 Å². The number of amides is 1. The maximum absolute atomic E-state index is 12.6. The molecule has 0 aliphatic carbocycles.